The molecule has 8 heteroatoms. The number of nitrogens with one attached hydrogen (secondary N) is 1. The minimum atomic E-state index is -0.469. The summed E-state index contributed by atoms with van der Waals surface area (Å²) in [6.45, 7) is 0. The standard InChI is InChI=1S/C18H12INO4S2/c1-23-13-8-10(9-14-16(21)20-18(25)26-14)7-12(19)15(13)24-17(22)11-5-3-2-4-6-11/h2-9H,1H3,(H,20,21,25). The molecule has 0 radical (unpaired) electrons. The molecule has 2 aromatic carbocycles. The van der Waals surface area contributed by atoms with Crippen molar-refractivity contribution in [1.82, 2.24) is 5.32 Å². The number of benzene rings is 2. The lowest BCUT2D eigenvalue weighted by atomic mass is 10.1. The van der Waals surface area contributed by atoms with Crippen LogP contribution in [0, 0.1) is 3.57 Å². The van der Waals surface area contributed by atoms with Gasteiger partial charge in [0.15, 0.2) is 11.5 Å². The third-order valence-corrected chi connectivity index (χ3v) is 5.36. The third kappa shape index (κ3) is 4.25. The fourth-order valence-electron chi connectivity index (χ4n) is 2.22. The maximum atomic E-state index is 12.3. The Morgan fingerprint density at radius 1 is 1.27 bits per heavy atom. The van der Waals surface area contributed by atoms with E-state index in [1.165, 1.54) is 18.9 Å². The molecule has 132 valence electrons. The molecule has 0 saturated carbocycles. The van der Waals surface area contributed by atoms with Crippen molar-refractivity contribution in [3.05, 3.63) is 62.1 Å². The van der Waals surface area contributed by atoms with E-state index in [0.717, 1.165) is 5.56 Å². The van der Waals surface area contributed by atoms with Gasteiger partial charge in [0.05, 0.1) is 21.1 Å². The van der Waals surface area contributed by atoms with Crippen LogP contribution in [0.25, 0.3) is 6.08 Å². The molecule has 2 aromatic rings. The van der Waals surface area contributed by atoms with Crippen LogP contribution >= 0.6 is 46.6 Å². The van der Waals surface area contributed by atoms with Gasteiger partial charge in [0.25, 0.3) is 5.91 Å². The molecule has 1 amide bonds. The molecule has 1 aliphatic rings. The molecule has 0 spiro atoms. The molecule has 3 rings (SSSR count). The summed E-state index contributed by atoms with van der Waals surface area (Å²) in [7, 11) is 1.49. The predicted molar refractivity (Wildman–Crippen MR) is 113 cm³/mol. The van der Waals surface area contributed by atoms with E-state index in [1.807, 2.05) is 6.07 Å². The maximum Gasteiger partial charge on any atom is 0.343 e. The lowest BCUT2D eigenvalue weighted by molar-refractivity contribution is -0.115. The van der Waals surface area contributed by atoms with Gasteiger partial charge in [-0.25, -0.2) is 4.79 Å². The van der Waals surface area contributed by atoms with Gasteiger partial charge in [-0.3, -0.25) is 4.79 Å². The van der Waals surface area contributed by atoms with Crippen molar-refractivity contribution in [3.63, 3.8) is 0 Å². The Hall–Kier alpha value is -1.91. The highest BCUT2D eigenvalue weighted by Crippen LogP contribution is 2.36. The van der Waals surface area contributed by atoms with Gasteiger partial charge in [0, 0.05) is 0 Å². The first-order chi connectivity index (χ1) is 12.5. The number of amides is 1. The highest BCUT2D eigenvalue weighted by molar-refractivity contribution is 14.1. The molecule has 0 bridgehead atoms. The topological polar surface area (TPSA) is 64.6 Å². The molecule has 26 heavy (non-hydrogen) atoms. The highest BCUT2D eigenvalue weighted by atomic mass is 127. The molecule has 1 heterocycles. The quantitative estimate of drug-likeness (QED) is 0.227. The SMILES string of the molecule is COc1cc(C=C2SC(=S)NC2=O)cc(I)c1OC(=O)c1ccccc1. The van der Waals surface area contributed by atoms with Crippen molar-refractivity contribution in [3.8, 4) is 11.5 Å². The zero-order chi connectivity index (χ0) is 18.7. The van der Waals surface area contributed by atoms with Crippen LogP contribution in [0.4, 0.5) is 0 Å². The van der Waals surface area contributed by atoms with Gasteiger partial charge in [-0.05, 0) is 58.5 Å². The molecule has 5 nitrogen and oxygen atoms in total. The summed E-state index contributed by atoms with van der Waals surface area (Å²) >= 11 is 8.25. The van der Waals surface area contributed by atoms with Gasteiger partial charge in [-0.1, -0.05) is 42.2 Å². The number of carbonyl (C=O) groups is 2. The van der Waals surface area contributed by atoms with E-state index in [4.69, 9.17) is 21.7 Å². The van der Waals surface area contributed by atoms with Crippen molar-refractivity contribution in [2.24, 2.45) is 0 Å². The molecule has 0 aliphatic carbocycles. The van der Waals surface area contributed by atoms with Gasteiger partial charge in [0.2, 0.25) is 0 Å². The van der Waals surface area contributed by atoms with Crippen LogP contribution in [0.5, 0.6) is 11.5 Å². The van der Waals surface area contributed by atoms with Crippen molar-refractivity contribution in [2.75, 3.05) is 7.11 Å². The van der Waals surface area contributed by atoms with Crippen molar-refractivity contribution >= 4 is 68.8 Å². The largest absolute Gasteiger partial charge is 0.493 e. The number of halogens is 1. The number of esters is 1. The Morgan fingerprint density at radius 3 is 2.62 bits per heavy atom. The number of hydrogen-bond acceptors (Lipinski definition) is 6. The monoisotopic (exact) mass is 497 g/mol. The van der Waals surface area contributed by atoms with Gasteiger partial charge < -0.3 is 14.8 Å². The number of thiocarbonyl (C=S) groups is 1. The van der Waals surface area contributed by atoms with Gasteiger partial charge in [-0.15, -0.1) is 0 Å². The third-order valence-electron chi connectivity index (χ3n) is 3.40. The van der Waals surface area contributed by atoms with E-state index in [0.29, 0.717) is 29.9 Å². The molecule has 1 fully saturated rings. The van der Waals surface area contributed by atoms with Gasteiger partial charge >= 0.3 is 5.97 Å². The van der Waals surface area contributed by atoms with Crippen LogP contribution in [0.1, 0.15) is 15.9 Å². The lowest BCUT2D eigenvalue weighted by Crippen LogP contribution is -2.17. The number of carbonyl (C=O) groups excluding carboxylic acids is 2. The van der Waals surface area contributed by atoms with E-state index in [-0.39, 0.29) is 5.91 Å². The maximum absolute atomic E-state index is 12.3. The smallest absolute Gasteiger partial charge is 0.343 e. The molecule has 0 aromatic heterocycles. The first-order valence-electron chi connectivity index (χ1n) is 7.37. The van der Waals surface area contributed by atoms with Crippen molar-refractivity contribution in [2.45, 2.75) is 0 Å². The Morgan fingerprint density at radius 2 is 2.00 bits per heavy atom. The zero-order valence-corrected chi connectivity index (χ0v) is 17.2. The van der Waals surface area contributed by atoms with Crippen LogP contribution < -0.4 is 14.8 Å². The van der Waals surface area contributed by atoms with E-state index in [2.05, 4.69) is 27.9 Å². The molecule has 0 unspecified atom stereocenters. The van der Waals surface area contributed by atoms with E-state index in [9.17, 15) is 9.59 Å². The summed E-state index contributed by atoms with van der Waals surface area (Å²) in [6, 6.07) is 12.2. The zero-order valence-electron chi connectivity index (χ0n) is 13.4. The molecule has 1 N–H and O–H groups in total. The van der Waals surface area contributed by atoms with Crippen LogP contribution in [-0.2, 0) is 4.79 Å². The Labute approximate surface area is 173 Å². The van der Waals surface area contributed by atoms with Crippen molar-refractivity contribution < 1.29 is 19.1 Å². The molecular weight excluding hydrogens is 485 g/mol. The molecule has 0 atom stereocenters. The summed E-state index contributed by atoms with van der Waals surface area (Å²) in [4.78, 5) is 24.6. The van der Waals surface area contributed by atoms with Crippen LogP contribution in [0.3, 0.4) is 0 Å². The summed E-state index contributed by atoms with van der Waals surface area (Å²) in [6.07, 6.45) is 1.72. The first-order valence-corrected chi connectivity index (χ1v) is 9.68. The second kappa shape index (κ2) is 8.19. The number of methoxy groups -OCH3 is 1. The first kappa shape index (κ1) is 18.9. The Bertz CT molecular complexity index is 928. The van der Waals surface area contributed by atoms with Gasteiger partial charge in [0.1, 0.15) is 4.32 Å². The summed E-state index contributed by atoms with van der Waals surface area (Å²) in [5, 5.41) is 2.57. The predicted octanol–water partition coefficient (Wildman–Crippen LogP) is 4.01. The number of ether oxygens (including phenoxy) is 2. The van der Waals surface area contributed by atoms with Crippen LogP contribution in [0.15, 0.2) is 47.4 Å². The average molecular weight is 497 g/mol. The number of thioether (sulfide) groups is 1. The lowest BCUT2D eigenvalue weighted by Gasteiger charge is -2.12. The summed E-state index contributed by atoms with van der Waals surface area (Å²) in [5.41, 5.74) is 1.19. The van der Waals surface area contributed by atoms with E-state index >= 15 is 0 Å². The van der Waals surface area contributed by atoms with Gasteiger partial charge in [-0.2, -0.15) is 0 Å². The normalized spacial score (nSPS) is 15.1. The van der Waals surface area contributed by atoms with E-state index in [1.54, 1.807) is 42.5 Å². The molecular formula is C18H12INO4S2. The van der Waals surface area contributed by atoms with Crippen LogP contribution in [0.2, 0.25) is 0 Å². The Kier molecular flexibility index (Phi) is 5.94. The molecule has 1 saturated heterocycles. The van der Waals surface area contributed by atoms with E-state index < -0.39 is 5.97 Å². The fourth-order valence-corrected chi connectivity index (χ4v) is 4.00. The average Bonchev–Trinajstić information content (AvgIpc) is 2.94. The second-order valence-corrected chi connectivity index (χ2v) is 8.02. The summed E-state index contributed by atoms with van der Waals surface area (Å²) < 4.78 is 12.0. The number of hydrogen-bond donors (Lipinski definition) is 1. The highest BCUT2D eigenvalue weighted by Gasteiger charge is 2.23. The second-order valence-electron chi connectivity index (χ2n) is 5.14. The van der Waals surface area contributed by atoms with Crippen LogP contribution in [-0.4, -0.2) is 23.3 Å². The fraction of sp³-hybridized carbons (Fsp3) is 0.0556. The number of rotatable bonds is 4. The van der Waals surface area contributed by atoms with Crippen molar-refractivity contribution in [1.29, 1.82) is 0 Å². The summed E-state index contributed by atoms with van der Waals surface area (Å²) in [5.74, 6) is 0.0414. The Balaban J connectivity index is 1.91. The minimum Gasteiger partial charge on any atom is -0.493 e. The molecule has 1 aliphatic heterocycles. The minimum absolute atomic E-state index is 0.228.